The highest BCUT2D eigenvalue weighted by Crippen LogP contribution is 2.30. The van der Waals surface area contributed by atoms with E-state index in [2.05, 4.69) is 20.6 Å². The number of aliphatic carboxylic acids is 6. The fourth-order valence-electron chi connectivity index (χ4n) is 6.65. The van der Waals surface area contributed by atoms with Crippen LogP contribution in [0.25, 0.3) is 33.2 Å². The third kappa shape index (κ3) is 12.5. The Morgan fingerprint density at radius 3 is 0.948 bits per heavy atom. The zero-order valence-electron chi connectivity index (χ0n) is 31.1. The quantitative estimate of drug-likeness (QED) is 0.0509. The molecule has 0 aliphatic heterocycles. The van der Waals surface area contributed by atoms with Gasteiger partial charge in [0.1, 0.15) is 0 Å². The highest BCUT2D eigenvalue weighted by atomic mass is 16.4. The van der Waals surface area contributed by atoms with Crippen molar-refractivity contribution in [2.24, 2.45) is 0 Å². The number of amides is 2. The van der Waals surface area contributed by atoms with E-state index in [0.717, 1.165) is 0 Å². The van der Waals surface area contributed by atoms with E-state index in [1.165, 1.54) is 24.3 Å². The summed E-state index contributed by atoms with van der Waals surface area (Å²) in [7, 11) is 0. The lowest BCUT2D eigenvalue weighted by Gasteiger charge is -2.34. The van der Waals surface area contributed by atoms with Gasteiger partial charge in [-0.3, -0.25) is 38.4 Å². The molecule has 0 radical (unpaired) electrons. The average molecular weight is 803 g/mol. The Hall–Kier alpha value is -6.98. The molecule has 0 aliphatic rings. The second-order valence-electron chi connectivity index (χ2n) is 14.0. The third-order valence-electron chi connectivity index (χ3n) is 9.83. The zero-order valence-corrected chi connectivity index (χ0v) is 31.1. The SMILES string of the molecule is O=C(O)CCC(CCC(=O)O)(CCC(=O)O)NC(=O)c1ccc2nc(-c3ccc4cc(C(=O)NC(CCC(=O)O)(CCC(=O)O)CCC(=O)O)ccc4n3)ccc2c1. The van der Waals surface area contributed by atoms with Gasteiger partial charge in [-0.2, -0.15) is 0 Å². The minimum atomic E-state index is -1.41. The molecule has 0 bridgehead atoms. The summed E-state index contributed by atoms with van der Waals surface area (Å²) in [6.45, 7) is 0. The van der Waals surface area contributed by atoms with Crippen LogP contribution in [0, 0.1) is 0 Å². The summed E-state index contributed by atoms with van der Waals surface area (Å²) >= 11 is 0. The molecule has 0 aliphatic carbocycles. The number of carbonyl (C=O) groups excluding carboxylic acids is 2. The van der Waals surface area contributed by atoms with Crippen molar-refractivity contribution in [3.05, 3.63) is 71.8 Å². The fourth-order valence-corrected chi connectivity index (χ4v) is 6.65. The summed E-state index contributed by atoms with van der Waals surface area (Å²) in [6, 6.07) is 15.9. The largest absolute Gasteiger partial charge is 0.481 e. The first-order valence-corrected chi connectivity index (χ1v) is 18.2. The molecule has 4 aromatic rings. The normalized spacial score (nSPS) is 11.5. The molecule has 0 saturated carbocycles. The van der Waals surface area contributed by atoms with Crippen molar-refractivity contribution in [2.45, 2.75) is 88.1 Å². The Balaban J connectivity index is 1.57. The van der Waals surface area contributed by atoms with Gasteiger partial charge >= 0.3 is 35.8 Å². The average Bonchev–Trinajstić information content (AvgIpc) is 3.17. The number of nitrogens with one attached hydrogen (secondary N) is 2. The van der Waals surface area contributed by atoms with E-state index < -0.39 is 97.2 Å². The van der Waals surface area contributed by atoms with Gasteiger partial charge in [0.2, 0.25) is 0 Å². The zero-order chi connectivity index (χ0) is 42.6. The second-order valence-corrected chi connectivity index (χ2v) is 14.0. The number of nitrogens with zero attached hydrogens (tertiary/aromatic N) is 2. The van der Waals surface area contributed by atoms with Crippen LogP contribution in [-0.4, -0.2) is 99.3 Å². The topological polar surface area (TPSA) is 308 Å². The smallest absolute Gasteiger partial charge is 0.303 e. The number of benzene rings is 2. The fraction of sp³-hybridized carbons (Fsp3) is 0.350. The standard InChI is InChI=1S/C40H42N4O14/c45-31(46)9-15-39(16-10-32(47)48,17-11-33(49)50)43-37(57)25-3-5-27-23(21-25)1-7-29(41-27)30-8-2-24-22-26(4-6-28(24)42-30)38(58)44-40(18-12-34(51)52,19-13-35(53)54)20-14-36(55)56/h1-8,21-22H,9-20H2,(H,43,57)(H,44,58)(H,45,46)(H,47,48)(H,49,50)(H,51,52)(H,53,54)(H,55,56). The van der Waals surface area contributed by atoms with Crippen LogP contribution in [0.3, 0.4) is 0 Å². The summed E-state index contributed by atoms with van der Waals surface area (Å²) in [5.74, 6) is -8.44. The highest BCUT2D eigenvalue weighted by Gasteiger charge is 2.35. The van der Waals surface area contributed by atoms with Crippen LogP contribution in [0.4, 0.5) is 0 Å². The van der Waals surface area contributed by atoms with Crippen molar-refractivity contribution in [3.63, 3.8) is 0 Å². The number of hydrogen-bond donors (Lipinski definition) is 8. The molecular formula is C40H42N4O14. The minimum Gasteiger partial charge on any atom is -0.481 e. The van der Waals surface area contributed by atoms with Gasteiger partial charge in [0.25, 0.3) is 11.8 Å². The minimum absolute atomic E-state index is 0.152. The van der Waals surface area contributed by atoms with E-state index in [0.29, 0.717) is 33.2 Å². The maximum atomic E-state index is 13.5. The summed E-state index contributed by atoms with van der Waals surface area (Å²) in [5.41, 5.74) is -0.633. The van der Waals surface area contributed by atoms with Gasteiger partial charge in [0, 0.05) is 71.5 Å². The van der Waals surface area contributed by atoms with Crippen molar-refractivity contribution >= 4 is 69.4 Å². The Morgan fingerprint density at radius 1 is 0.414 bits per heavy atom. The number of hydrogen-bond acceptors (Lipinski definition) is 10. The van der Waals surface area contributed by atoms with E-state index in [9.17, 15) is 69.0 Å². The van der Waals surface area contributed by atoms with Gasteiger partial charge < -0.3 is 41.3 Å². The highest BCUT2D eigenvalue weighted by molar-refractivity contribution is 6.00. The Kier molecular flexibility index (Phi) is 14.5. The van der Waals surface area contributed by atoms with E-state index in [1.807, 2.05) is 0 Å². The molecule has 2 aromatic heterocycles. The molecular weight excluding hydrogens is 760 g/mol. The predicted octanol–water partition coefficient (Wildman–Crippen LogP) is 4.58. The third-order valence-corrected chi connectivity index (χ3v) is 9.83. The van der Waals surface area contributed by atoms with Crippen molar-refractivity contribution in [2.75, 3.05) is 0 Å². The first kappa shape index (κ1) is 43.7. The molecule has 18 heteroatoms. The van der Waals surface area contributed by atoms with Crippen molar-refractivity contribution in [1.82, 2.24) is 20.6 Å². The number of fused-ring (bicyclic) bond motifs is 2. The van der Waals surface area contributed by atoms with Gasteiger partial charge in [-0.05, 0) is 87.1 Å². The molecule has 0 fully saturated rings. The van der Waals surface area contributed by atoms with Crippen molar-refractivity contribution in [1.29, 1.82) is 0 Å². The van der Waals surface area contributed by atoms with E-state index in [-0.39, 0.29) is 49.7 Å². The first-order chi connectivity index (χ1) is 27.4. The molecule has 2 aromatic carbocycles. The van der Waals surface area contributed by atoms with Crippen LogP contribution in [0.15, 0.2) is 60.7 Å². The molecule has 0 unspecified atom stereocenters. The summed E-state index contributed by atoms with van der Waals surface area (Å²) in [4.78, 5) is 105. The molecule has 58 heavy (non-hydrogen) atoms. The van der Waals surface area contributed by atoms with Crippen molar-refractivity contribution < 1.29 is 69.0 Å². The molecule has 4 rings (SSSR count). The molecule has 8 N–H and O–H groups in total. The predicted molar refractivity (Wildman–Crippen MR) is 204 cm³/mol. The second kappa shape index (κ2) is 19.2. The summed E-state index contributed by atoms with van der Waals surface area (Å²) < 4.78 is 0. The van der Waals surface area contributed by atoms with Crippen LogP contribution < -0.4 is 10.6 Å². The van der Waals surface area contributed by atoms with Crippen LogP contribution in [0.2, 0.25) is 0 Å². The van der Waals surface area contributed by atoms with Crippen LogP contribution >= 0.6 is 0 Å². The summed E-state index contributed by atoms with van der Waals surface area (Å²) in [5, 5.41) is 62.3. The van der Waals surface area contributed by atoms with Crippen LogP contribution in [0.1, 0.15) is 97.8 Å². The lowest BCUT2D eigenvalue weighted by Crippen LogP contribution is -2.49. The molecule has 2 heterocycles. The Morgan fingerprint density at radius 2 is 0.690 bits per heavy atom. The number of aromatic nitrogens is 2. The first-order valence-electron chi connectivity index (χ1n) is 18.2. The van der Waals surface area contributed by atoms with Gasteiger partial charge in [0.05, 0.1) is 22.4 Å². The number of carboxylic acids is 6. The van der Waals surface area contributed by atoms with Gasteiger partial charge in [-0.15, -0.1) is 0 Å². The van der Waals surface area contributed by atoms with Gasteiger partial charge in [-0.25, -0.2) is 9.97 Å². The van der Waals surface area contributed by atoms with Crippen LogP contribution in [-0.2, 0) is 28.8 Å². The summed E-state index contributed by atoms with van der Waals surface area (Å²) in [6.07, 6.45) is -3.64. The number of rotatable bonds is 23. The maximum absolute atomic E-state index is 13.5. The van der Waals surface area contributed by atoms with Crippen LogP contribution in [0.5, 0.6) is 0 Å². The number of carboxylic acid groups (broad SMARTS) is 6. The van der Waals surface area contributed by atoms with E-state index >= 15 is 0 Å². The molecule has 0 spiro atoms. The van der Waals surface area contributed by atoms with Crippen molar-refractivity contribution in [3.8, 4) is 11.4 Å². The maximum Gasteiger partial charge on any atom is 0.303 e. The van der Waals surface area contributed by atoms with E-state index in [1.54, 1.807) is 36.4 Å². The monoisotopic (exact) mass is 802 g/mol. The Labute approximate surface area is 329 Å². The van der Waals surface area contributed by atoms with Gasteiger partial charge in [-0.1, -0.05) is 12.1 Å². The number of carbonyl (C=O) groups is 8. The lowest BCUT2D eigenvalue weighted by molar-refractivity contribution is -0.140. The van der Waals surface area contributed by atoms with Gasteiger partial charge in [0.15, 0.2) is 0 Å². The molecule has 2 amide bonds. The van der Waals surface area contributed by atoms with E-state index in [4.69, 9.17) is 0 Å². The Bertz CT molecular complexity index is 2010. The lowest BCUT2D eigenvalue weighted by atomic mass is 9.83. The molecule has 0 saturated heterocycles. The molecule has 0 atom stereocenters. The molecule has 306 valence electrons. The number of pyridine rings is 2. The molecule has 18 nitrogen and oxygen atoms in total.